The number of hydrogen-bond donors (Lipinski definition) is 2. The quantitative estimate of drug-likeness (QED) is 0.745. The van der Waals surface area contributed by atoms with Crippen LogP contribution in [0.4, 0.5) is 10.1 Å². The maximum absolute atomic E-state index is 13.7. The summed E-state index contributed by atoms with van der Waals surface area (Å²) in [5.74, 6) is -0.216. The molecule has 0 spiro atoms. The predicted octanol–water partition coefficient (Wildman–Crippen LogP) is 2.01. The van der Waals surface area contributed by atoms with E-state index < -0.39 is 0 Å². The van der Waals surface area contributed by atoms with E-state index in [1.54, 1.807) is 12.1 Å². The van der Waals surface area contributed by atoms with Crippen LogP contribution in [0.5, 0.6) is 0 Å². The molecule has 4 heteroatoms. The summed E-state index contributed by atoms with van der Waals surface area (Å²) in [6, 6.07) is 6.72. The van der Waals surface area contributed by atoms with Crippen molar-refractivity contribution in [2.75, 3.05) is 31.1 Å². The van der Waals surface area contributed by atoms with E-state index in [1.807, 2.05) is 17.9 Å². The second-order valence-electron chi connectivity index (χ2n) is 4.32. The van der Waals surface area contributed by atoms with E-state index in [9.17, 15) is 9.50 Å². The number of rotatable bonds is 8. The molecule has 0 amide bonds. The highest BCUT2D eigenvalue weighted by molar-refractivity contribution is 5.47. The Labute approximate surface area is 109 Å². The summed E-state index contributed by atoms with van der Waals surface area (Å²) >= 11 is 0. The highest BCUT2D eigenvalue weighted by Crippen LogP contribution is 2.18. The summed E-state index contributed by atoms with van der Waals surface area (Å²) < 4.78 is 13.7. The normalized spacial score (nSPS) is 12.4. The molecule has 18 heavy (non-hydrogen) atoms. The SMILES string of the molecule is CCCNC(CO)CN(CC)c1ccccc1F. The lowest BCUT2D eigenvalue weighted by molar-refractivity contribution is 0.244. The van der Waals surface area contributed by atoms with Crippen LogP contribution in [0.3, 0.4) is 0 Å². The van der Waals surface area contributed by atoms with Crippen molar-refractivity contribution in [2.24, 2.45) is 0 Å². The minimum Gasteiger partial charge on any atom is -0.395 e. The van der Waals surface area contributed by atoms with Crippen LogP contribution >= 0.6 is 0 Å². The Morgan fingerprint density at radius 1 is 1.33 bits per heavy atom. The lowest BCUT2D eigenvalue weighted by atomic mass is 10.2. The third-order valence-electron chi connectivity index (χ3n) is 2.92. The van der Waals surface area contributed by atoms with Crippen LogP contribution in [0, 0.1) is 5.82 Å². The molecule has 1 aromatic carbocycles. The van der Waals surface area contributed by atoms with Gasteiger partial charge in [-0.15, -0.1) is 0 Å². The molecule has 102 valence electrons. The zero-order chi connectivity index (χ0) is 13.4. The number of anilines is 1. The third-order valence-corrected chi connectivity index (χ3v) is 2.92. The number of aliphatic hydroxyl groups is 1. The first-order chi connectivity index (χ1) is 8.72. The number of benzene rings is 1. The average Bonchev–Trinajstić information content (AvgIpc) is 2.40. The highest BCUT2D eigenvalue weighted by Gasteiger charge is 2.14. The van der Waals surface area contributed by atoms with Gasteiger partial charge in [-0.05, 0) is 32.0 Å². The summed E-state index contributed by atoms with van der Waals surface area (Å²) in [5, 5.41) is 12.6. The molecule has 0 aliphatic rings. The number of hydrogen-bond acceptors (Lipinski definition) is 3. The number of aliphatic hydroxyl groups excluding tert-OH is 1. The summed E-state index contributed by atoms with van der Waals surface area (Å²) in [4.78, 5) is 1.94. The second kappa shape index (κ2) is 8.06. The van der Waals surface area contributed by atoms with Crippen LogP contribution < -0.4 is 10.2 Å². The van der Waals surface area contributed by atoms with Crippen LogP contribution in [0.2, 0.25) is 0 Å². The topological polar surface area (TPSA) is 35.5 Å². The van der Waals surface area contributed by atoms with E-state index in [-0.39, 0.29) is 18.5 Å². The van der Waals surface area contributed by atoms with E-state index in [2.05, 4.69) is 12.2 Å². The van der Waals surface area contributed by atoms with Crippen LogP contribution in [0.25, 0.3) is 0 Å². The Kier molecular flexibility index (Phi) is 6.68. The predicted molar refractivity (Wildman–Crippen MR) is 73.5 cm³/mol. The van der Waals surface area contributed by atoms with Gasteiger partial charge < -0.3 is 15.3 Å². The Hall–Kier alpha value is -1.13. The molecule has 0 fully saturated rings. The van der Waals surface area contributed by atoms with E-state index in [0.717, 1.165) is 13.0 Å². The number of nitrogens with one attached hydrogen (secondary N) is 1. The summed E-state index contributed by atoms with van der Waals surface area (Å²) in [7, 11) is 0. The Bertz CT molecular complexity index is 346. The Balaban J connectivity index is 2.68. The fraction of sp³-hybridized carbons (Fsp3) is 0.571. The van der Waals surface area contributed by atoms with Crippen LogP contribution in [-0.4, -0.2) is 37.4 Å². The molecule has 0 aromatic heterocycles. The molecule has 0 radical (unpaired) electrons. The van der Waals surface area contributed by atoms with Gasteiger partial charge in [0.1, 0.15) is 5.82 Å². The van der Waals surface area contributed by atoms with Crippen molar-refractivity contribution in [2.45, 2.75) is 26.3 Å². The van der Waals surface area contributed by atoms with Gasteiger partial charge in [0.15, 0.2) is 0 Å². The van der Waals surface area contributed by atoms with Gasteiger partial charge in [-0.3, -0.25) is 0 Å². The van der Waals surface area contributed by atoms with Gasteiger partial charge >= 0.3 is 0 Å². The van der Waals surface area contributed by atoms with Gasteiger partial charge in [-0.25, -0.2) is 4.39 Å². The van der Waals surface area contributed by atoms with E-state index in [4.69, 9.17) is 0 Å². The highest BCUT2D eigenvalue weighted by atomic mass is 19.1. The number of likely N-dealkylation sites (N-methyl/N-ethyl adjacent to an activating group) is 1. The first-order valence-corrected chi connectivity index (χ1v) is 6.56. The minimum atomic E-state index is -0.216. The van der Waals surface area contributed by atoms with Crippen molar-refractivity contribution in [3.63, 3.8) is 0 Å². The molecule has 1 atom stereocenters. The fourth-order valence-corrected chi connectivity index (χ4v) is 1.91. The van der Waals surface area contributed by atoms with Gasteiger partial charge in [0, 0.05) is 19.1 Å². The van der Waals surface area contributed by atoms with E-state index in [0.29, 0.717) is 18.8 Å². The molecule has 0 heterocycles. The number of para-hydroxylation sites is 1. The van der Waals surface area contributed by atoms with Crippen LogP contribution in [0.1, 0.15) is 20.3 Å². The van der Waals surface area contributed by atoms with Crippen molar-refractivity contribution in [1.29, 1.82) is 0 Å². The molecule has 0 saturated heterocycles. The maximum atomic E-state index is 13.7. The molecule has 0 aliphatic carbocycles. The van der Waals surface area contributed by atoms with Crippen LogP contribution in [0.15, 0.2) is 24.3 Å². The first-order valence-electron chi connectivity index (χ1n) is 6.56. The molecular formula is C14H23FN2O. The summed E-state index contributed by atoms with van der Waals surface area (Å²) in [5.41, 5.74) is 0.594. The van der Waals surface area contributed by atoms with Gasteiger partial charge in [0.25, 0.3) is 0 Å². The third kappa shape index (κ3) is 4.27. The Morgan fingerprint density at radius 2 is 2.06 bits per heavy atom. The smallest absolute Gasteiger partial charge is 0.146 e. The fourth-order valence-electron chi connectivity index (χ4n) is 1.91. The largest absolute Gasteiger partial charge is 0.395 e. The maximum Gasteiger partial charge on any atom is 0.146 e. The Morgan fingerprint density at radius 3 is 2.61 bits per heavy atom. The van der Waals surface area contributed by atoms with Gasteiger partial charge in [-0.1, -0.05) is 19.1 Å². The zero-order valence-electron chi connectivity index (χ0n) is 11.2. The average molecular weight is 254 g/mol. The molecule has 2 N–H and O–H groups in total. The van der Waals surface area contributed by atoms with E-state index >= 15 is 0 Å². The molecule has 3 nitrogen and oxygen atoms in total. The standard InChI is InChI=1S/C14H23FN2O/c1-3-9-16-12(11-18)10-17(4-2)14-8-6-5-7-13(14)15/h5-8,12,16,18H,3-4,9-11H2,1-2H3. The number of nitrogens with zero attached hydrogens (tertiary/aromatic N) is 1. The molecule has 1 rings (SSSR count). The van der Waals surface area contributed by atoms with Crippen LogP contribution in [-0.2, 0) is 0 Å². The summed E-state index contributed by atoms with van der Waals surface area (Å²) in [6.45, 7) is 6.31. The monoisotopic (exact) mass is 254 g/mol. The second-order valence-corrected chi connectivity index (χ2v) is 4.32. The van der Waals surface area contributed by atoms with Crippen molar-refractivity contribution in [3.05, 3.63) is 30.1 Å². The van der Waals surface area contributed by atoms with Crippen molar-refractivity contribution >= 4 is 5.69 Å². The molecule has 0 bridgehead atoms. The van der Waals surface area contributed by atoms with Crippen molar-refractivity contribution in [3.8, 4) is 0 Å². The molecule has 1 aromatic rings. The number of halogens is 1. The summed E-state index contributed by atoms with van der Waals surface area (Å²) in [6.07, 6.45) is 1.02. The molecular weight excluding hydrogens is 231 g/mol. The van der Waals surface area contributed by atoms with Gasteiger partial charge in [0.05, 0.1) is 12.3 Å². The van der Waals surface area contributed by atoms with Gasteiger partial charge in [0.2, 0.25) is 0 Å². The van der Waals surface area contributed by atoms with Crippen molar-refractivity contribution < 1.29 is 9.50 Å². The first kappa shape index (κ1) is 14.9. The molecule has 0 saturated carbocycles. The minimum absolute atomic E-state index is 0.0236. The van der Waals surface area contributed by atoms with E-state index in [1.165, 1.54) is 6.07 Å². The zero-order valence-corrected chi connectivity index (χ0v) is 11.2. The molecule has 1 unspecified atom stereocenters. The van der Waals surface area contributed by atoms with Gasteiger partial charge in [-0.2, -0.15) is 0 Å². The molecule has 0 aliphatic heterocycles. The lowest BCUT2D eigenvalue weighted by Gasteiger charge is -2.28. The lowest BCUT2D eigenvalue weighted by Crippen LogP contribution is -2.44. The van der Waals surface area contributed by atoms with Crippen molar-refractivity contribution in [1.82, 2.24) is 5.32 Å².